The number of benzene rings is 1. The Hall–Kier alpha value is -3.42. The number of aromatic amines is 1. The highest BCUT2D eigenvalue weighted by atomic mass is 16.3. The molecule has 0 saturated heterocycles. The predicted octanol–water partition coefficient (Wildman–Crippen LogP) is 1.72. The molecule has 0 aliphatic heterocycles. The summed E-state index contributed by atoms with van der Waals surface area (Å²) >= 11 is 0. The van der Waals surface area contributed by atoms with Crippen LogP contribution in [0.1, 0.15) is 25.3 Å². The number of aryl methyl sites for hydroxylation is 1. The summed E-state index contributed by atoms with van der Waals surface area (Å²) in [5, 5.41) is 10.7. The number of aliphatic imine (C=N–C) groups is 1. The maximum atomic E-state index is 12.3. The molecule has 27 heavy (non-hydrogen) atoms. The molecular formula is C19H21N5O3. The van der Waals surface area contributed by atoms with Gasteiger partial charge < -0.3 is 9.67 Å². The van der Waals surface area contributed by atoms with E-state index in [4.69, 9.17) is 0 Å². The number of nitrogens with one attached hydrogen (secondary N) is 1. The Labute approximate surface area is 155 Å². The second-order valence-electron chi connectivity index (χ2n) is 5.96. The summed E-state index contributed by atoms with van der Waals surface area (Å²) in [7, 11) is 0. The highest BCUT2D eigenvalue weighted by molar-refractivity contribution is 6.02. The van der Waals surface area contributed by atoms with E-state index in [0.717, 1.165) is 17.5 Å². The standard InChI is InChI=1S/C19H21N5O3/c1-2-15(21-9-6-11-23-12-10-20-13-23)16-17(25)22-19(27)24(18(16)26)14-7-4-3-5-8-14/h3-5,7-8,10,12-13,26H,2,6,9,11H2,1H3,(H,22,25,27). The van der Waals surface area contributed by atoms with E-state index in [0.29, 0.717) is 24.4 Å². The van der Waals surface area contributed by atoms with E-state index in [1.165, 1.54) is 0 Å². The van der Waals surface area contributed by atoms with Gasteiger partial charge in [0.2, 0.25) is 5.88 Å². The third-order valence-corrected chi connectivity index (χ3v) is 4.16. The lowest BCUT2D eigenvalue weighted by molar-refractivity contribution is 0.429. The van der Waals surface area contributed by atoms with Gasteiger partial charge in [-0.25, -0.2) is 14.3 Å². The van der Waals surface area contributed by atoms with Crippen molar-refractivity contribution in [3.8, 4) is 11.6 Å². The Morgan fingerprint density at radius 3 is 2.70 bits per heavy atom. The van der Waals surface area contributed by atoms with E-state index < -0.39 is 17.1 Å². The first kappa shape index (κ1) is 18.4. The Bertz CT molecular complexity index is 1030. The number of hydrogen-bond acceptors (Lipinski definition) is 5. The van der Waals surface area contributed by atoms with Crippen molar-refractivity contribution in [2.24, 2.45) is 4.99 Å². The molecule has 140 valence electrons. The minimum absolute atomic E-state index is 0.0311. The maximum Gasteiger partial charge on any atom is 0.335 e. The molecule has 2 heterocycles. The summed E-state index contributed by atoms with van der Waals surface area (Å²) in [5.41, 5.74) is -0.372. The number of aromatic hydroxyl groups is 1. The van der Waals surface area contributed by atoms with E-state index in [-0.39, 0.29) is 5.56 Å². The first-order valence-corrected chi connectivity index (χ1v) is 8.75. The number of nitrogens with zero attached hydrogens (tertiary/aromatic N) is 4. The smallest absolute Gasteiger partial charge is 0.335 e. The Kier molecular flexibility index (Phi) is 5.65. The lowest BCUT2D eigenvalue weighted by atomic mass is 10.1. The molecule has 0 atom stereocenters. The van der Waals surface area contributed by atoms with Gasteiger partial charge in [-0.1, -0.05) is 25.1 Å². The van der Waals surface area contributed by atoms with Gasteiger partial charge in [-0.05, 0) is 25.0 Å². The van der Waals surface area contributed by atoms with Crippen LogP contribution in [-0.2, 0) is 6.54 Å². The Morgan fingerprint density at radius 2 is 2.04 bits per heavy atom. The second-order valence-corrected chi connectivity index (χ2v) is 5.96. The van der Waals surface area contributed by atoms with Gasteiger partial charge >= 0.3 is 5.69 Å². The molecule has 0 saturated carbocycles. The fraction of sp³-hybridized carbons (Fsp3) is 0.263. The average Bonchev–Trinajstić information content (AvgIpc) is 3.17. The van der Waals surface area contributed by atoms with Crippen LogP contribution in [-0.4, -0.2) is 36.5 Å². The molecule has 3 rings (SSSR count). The SMILES string of the molecule is CCC(=NCCCn1ccnc1)c1c(O)n(-c2ccccc2)c(=O)[nH]c1=O. The topological polar surface area (TPSA) is 105 Å². The number of imidazole rings is 1. The fourth-order valence-corrected chi connectivity index (χ4v) is 2.86. The molecule has 0 unspecified atom stereocenters. The monoisotopic (exact) mass is 367 g/mol. The first-order chi connectivity index (χ1) is 13.1. The molecule has 0 radical (unpaired) electrons. The highest BCUT2D eigenvalue weighted by Gasteiger charge is 2.19. The van der Waals surface area contributed by atoms with Crippen molar-refractivity contribution in [3.63, 3.8) is 0 Å². The number of hydrogen-bond donors (Lipinski definition) is 2. The van der Waals surface area contributed by atoms with Crippen molar-refractivity contribution >= 4 is 5.71 Å². The Morgan fingerprint density at radius 1 is 1.26 bits per heavy atom. The van der Waals surface area contributed by atoms with Crippen LogP contribution in [0.25, 0.3) is 5.69 Å². The summed E-state index contributed by atoms with van der Waals surface area (Å²) < 4.78 is 3.02. The van der Waals surface area contributed by atoms with Crippen molar-refractivity contribution in [3.05, 3.63) is 75.5 Å². The molecule has 0 spiro atoms. The van der Waals surface area contributed by atoms with E-state index in [9.17, 15) is 14.7 Å². The largest absolute Gasteiger partial charge is 0.493 e. The van der Waals surface area contributed by atoms with Crippen LogP contribution in [0.15, 0.2) is 63.6 Å². The minimum atomic E-state index is -0.692. The van der Waals surface area contributed by atoms with Crippen LogP contribution in [0.5, 0.6) is 5.88 Å². The third-order valence-electron chi connectivity index (χ3n) is 4.16. The van der Waals surface area contributed by atoms with Gasteiger partial charge in [0.05, 0.1) is 17.7 Å². The molecule has 1 aromatic carbocycles. The normalized spacial score (nSPS) is 11.7. The van der Waals surface area contributed by atoms with E-state index in [1.54, 1.807) is 42.9 Å². The molecule has 2 aromatic heterocycles. The molecule has 8 heteroatoms. The maximum absolute atomic E-state index is 12.3. The third kappa shape index (κ3) is 4.05. The molecule has 8 nitrogen and oxygen atoms in total. The number of aromatic nitrogens is 4. The zero-order valence-corrected chi connectivity index (χ0v) is 15.0. The zero-order valence-electron chi connectivity index (χ0n) is 15.0. The van der Waals surface area contributed by atoms with Gasteiger partial charge in [0.15, 0.2) is 0 Å². The Balaban J connectivity index is 1.92. The quantitative estimate of drug-likeness (QED) is 0.490. The predicted molar refractivity (Wildman–Crippen MR) is 103 cm³/mol. The van der Waals surface area contributed by atoms with Crippen molar-refractivity contribution in [2.45, 2.75) is 26.3 Å². The summed E-state index contributed by atoms with van der Waals surface area (Å²) in [6.07, 6.45) is 6.53. The van der Waals surface area contributed by atoms with Crippen LogP contribution in [0.2, 0.25) is 0 Å². The van der Waals surface area contributed by atoms with E-state index >= 15 is 0 Å². The van der Waals surface area contributed by atoms with Crippen molar-refractivity contribution < 1.29 is 5.11 Å². The molecule has 0 aliphatic carbocycles. The van der Waals surface area contributed by atoms with Gasteiger partial charge in [-0.15, -0.1) is 0 Å². The van der Waals surface area contributed by atoms with Crippen molar-refractivity contribution in [2.75, 3.05) is 6.54 Å². The number of rotatable bonds is 7. The first-order valence-electron chi connectivity index (χ1n) is 8.75. The van der Waals surface area contributed by atoms with Gasteiger partial charge in [-0.3, -0.25) is 14.8 Å². The summed E-state index contributed by atoms with van der Waals surface area (Å²) in [5.74, 6) is -0.398. The lowest BCUT2D eigenvalue weighted by Gasteiger charge is -2.12. The number of para-hydroxylation sites is 1. The van der Waals surface area contributed by atoms with E-state index in [1.807, 2.05) is 17.7 Å². The number of H-pyrrole nitrogens is 1. The molecular weight excluding hydrogens is 346 g/mol. The van der Waals surface area contributed by atoms with Gasteiger partial charge in [0.1, 0.15) is 5.56 Å². The second kappa shape index (κ2) is 8.31. The van der Waals surface area contributed by atoms with Crippen LogP contribution < -0.4 is 11.2 Å². The molecule has 3 aromatic rings. The summed E-state index contributed by atoms with van der Waals surface area (Å²) in [6.45, 7) is 3.10. The zero-order chi connectivity index (χ0) is 19.2. The van der Waals surface area contributed by atoms with Crippen molar-refractivity contribution in [1.82, 2.24) is 19.1 Å². The summed E-state index contributed by atoms with van der Waals surface area (Å²) in [4.78, 5) is 35.3. The lowest BCUT2D eigenvalue weighted by Crippen LogP contribution is -2.33. The van der Waals surface area contributed by atoms with Crippen LogP contribution in [0.3, 0.4) is 0 Å². The minimum Gasteiger partial charge on any atom is -0.493 e. The van der Waals surface area contributed by atoms with Gasteiger partial charge in [-0.2, -0.15) is 0 Å². The van der Waals surface area contributed by atoms with Crippen molar-refractivity contribution in [1.29, 1.82) is 0 Å². The molecule has 0 amide bonds. The molecule has 0 bridgehead atoms. The van der Waals surface area contributed by atoms with Crippen LogP contribution in [0.4, 0.5) is 0 Å². The van der Waals surface area contributed by atoms with Gasteiger partial charge in [0, 0.05) is 25.5 Å². The summed E-state index contributed by atoms with van der Waals surface area (Å²) in [6, 6.07) is 8.65. The fourth-order valence-electron chi connectivity index (χ4n) is 2.86. The highest BCUT2D eigenvalue weighted by Crippen LogP contribution is 2.18. The molecule has 0 aliphatic rings. The van der Waals surface area contributed by atoms with Crippen LogP contribution in [0, 0.1) is 0 Å². The van der Waals surface area contributed by atoms with E-state index in [2.05, 4.69) is 15.0 Å². The average molecular weight is 367 g/mol. The molecule has 2 N–H and O–H groups in total. The molecule has 0 fully saturated rings. The van der Waals surface area contributed by atoms with Gasteiger partial charge in [0.25, 0.3) is 5.56 Å². The van der Waals surface area contributed by atoms with Crippen LogP contribution >= 0.6 is 0 Å².